The van der Waals surface area contributed by atoms with Crippen molar-refractivity contribution in [2.75, 3.05) is 5.73 Å². The molecule has 3 aromatic heterocycles. The van der Waals surface area contributed by atoms with Crippen molar-refractivity contribution >= 4 is 18.1 Å². The van der Waals surface area contributed by atoms with E-state index in [2.05, 4.69) is 25.6 Å². The van der Waals surface area contributed by atoms with Crippen LogP contribution in [0.2, 0.25) is 0 Å². The van der Waals surface area contributed by atoms with Crippen molar-refractivity contribution in [1.29, 1.82) is 0 Å². The summed E-state index contributed by atoms with van der Waals surface area (Å²) in [5, 5.41) is 14.3. The molecule has 3 rings (SSSR count). The number of alkyl carbamates (subject to hydrolysis) is 1. The van der Waals surface area contributed by atoms with E-state index in [1.807, 2.05) is 13.8 Å². The Morgan fingerprint density at radius 1 is 1.13 bits per heavy atom. The highest BCUT2D eigenvalue weighted by atomic mass is 16.5. The molecule has 1 atom stereocenters. The fourth-order valence-corrected chi connectivity index (χ4v) is 2.76. The molecule has 11 nitrogen and oxygen atoms in total. The maximum absolute atomic E-state index is 11.7. The predicted molar refractivity (Wildman–Crippen MR) is 110 cm³/mol. The zero-order valence-electron chi connectivity index (χ0n) is 16.9. The molecule has 0 aliphatic carbocycles. The Bertz CT molecular complexity index is 1050. The first kappa shape index (κ1) is 21.6. The van der Waals surface area contributed by atoms with Gasteiger partial charge in [0.1, 0.15) is 18.3 Å². The molecular weight excluding hydrogens is 404 g/mol. The molecule has 0 spiro atoms. The minimum absolute atomic E-state index is 0.0501. The number of hydrogen-bond donors (Lipinski definition) is 4. The van der Waals surface area contributed by atoms with Crippen molar-refractivity contribution in [3.63, 3.8) is 0 Å². The number of carboxylic acid groups (broad SMARTS) is 1. The van der Waals surface area contributed by atoms with Crippen molar-refractivity contribution in [2.45, 2.75) is 32.5 Å². The van der Waals surface area contributed by atoms with E-state index in [1.54, 1.807) is 36.4 Å². The van der Waals surface area contributed by atoms with Gasteiger partial charge in [0.15, 0.2) is 5.76 Å². The molecule has 2 amide bonds. The molecule has 5 N–H and O–H groups in total. The first-order chi connectivity index (χ1) is 14.8. The van der Waals surface area contributed by atoms with E-state index in [-0.39, 0.29) is 24.3 Å². The third-order valence-corrected chi connectivity index (χ3v) is 3.98. The van der Waals surface area contributed by atoms with Crippen molar-refractivity contribution in [1.82, 2.24) is 25.6 Å². The van der Waals surface area contributed by atoms with Gasteiger partial charge in [0, 0.05) is 6.04 Å². The van der Waals surface area contributed by atoms with Crippen LogP contribution in [0.1, 0.15) is 37.0 Å². The monoisotopic (exact) mass is 426 g/mol. The van der Waals surface area contributed by atoms with Gasteiger partial charge in [0.25, 0.3) is 0 Å². The lowest BCUT2D eigenvalue weighted by Gasteiger charge is -2.18. The number of carbonyl (C=O) groups excluding carboxylic acids is 1. The number of hydrogen-bond acceptors (Lipinski definition) is 8. The third-order valence-electron chi connectivity index (χ3n) is 3.98. The summed E-state index contributed by atoms with van der Waals surface area (Å²) >= 11 is 0. The standard InChI is InChI=1S/C20H22N6O5/c1-11(2)22-20(29)31-10-12-5-3-6-13(23-12)17(26-19(27)28)15-9-14(24-18(21)25-15)16-7-4-8-30-16/h3-9,11,17,26H,10H2,1-2H3,(H,22,29)(H,27,28)(H2,21,24,25). The number of ether oxygens (including phenoxy) is 1. The minimum Gasteiger partial charge on any atom is -0.465 e. The summed E-state index contributed by atoms with van der Waals surface area (Å²) in [4.78, 5) is 35.9. The zero-order valence-corrected chi connectivity index (χ0v) is 16.9. The Balaban J connectivity index is 1.90. The van der Waals surface area contributed by atoms with E-state index >= 15 is 0 Å². The van der Waals surface area contributed by atoms with E-state index < -0.39 is 18.2 Å². The number of nitrogens with one attached hydrogen (secondary N) is 2. The average molecular weight is 426 g/mol. The second kappa shape index (κ2) is 9.57. The van der Waals surface area contributed by atoms with Gasteiger partial charge in [-0.15, -0.1) is 0 Å². The lowest BCUT2D eigenvalue weighted by molar-refractivity contribution is 0.135. The number of rotatable bonds is 7. The van der Waals surface area contributed by atoms with Crippen LogP contribution in [0.4, 0.5) is 15.5 Å². The van der Waals surface area contributed by atoms with Gasteiger partial charge >= 0.3 is 12.2 Å². The molecule has 162 valence electrons. The van der Waals surface area contributed by atoms with Crippen LogP contribution >= 0.6 is 0 Å². The number of pyridine rings is 1. The molecule has 11 heteroatoms. The van der Waals surface area contributed by atoms with Crippen molar-refractivity contribution < 1.29 is 23.8 Å². The van der Waals surface area contributed by atoms with Gasteiger partial charge in [-0.1, -0.05) is 6.07 Å². The highest BCUT2D eigenvalue weighted by Crippen LogP contribution is 2.25. The fourth-order valence-electron chi connectivity index (χ4n) is 2.76. The summed E-state index contributed by atoms with van der Waals surface area (Å²) in [7, 11) is 0. The van der Waals surface area contributed by atoms with Gasteiger partial charge in [0.2, 0.25) is 5.95 Å². The second-order valence-electron chi connectivity index (χ2n) is 6.83. The van der Waals surface area contributed by atoms with Crippen LogP contribution in [0.5, 0.6) is 0 Å². The Kier molecular flexibility index (Phi) is 6.65. The van der Waals surface area contributed by atoms with Gasteiger partial charge in [-0.05, 0) is 44.2 Å². The number of furan rings is 1. The van der Waals surface area contributed by atoms with Crippen LogP contribution in [0, 0.1) is 0 Å². The number of nitrogens with two attached hydrogens (primary N) is 1. The van der Waals surface area contributed by atoms with Crippen LogP contribution in [-0.4, -0.2) is 38.3 Å². The lowest BCUT2D eigenvalue weighted by atomic mass is 10.1. The summed E-state index contributed by atoms with van der Waals surface area (Å²) in [5.41, 5.74) is 7.29. The van der Waals surface area contributed by atoms with Crippen molar-refractivity contribution in [2.24, 2.45) is 0 Å². The smallest absolute Gasteiger partial charge is 0.407 e. The number of carbonyl (C=O) groups is 2. The van der Waals surface area contributed by atoms with Crippen LogP contribution in [0.15, 0.2) is 47.1 Å². The number of nitrogens with zero attached hydrogens (tertiary/aromatic N) is 3. The van der Waals surface area contributed by atoms with Crippen molar-refractivity contribution in [3.05, 3.63) is 59.7 Å². The molecule has 3 aromatic rings. The third kappa shape index (κ3) is 5.92. The number of nitrogen functional groups attached to an aromatic ring is 1. The second-order valence-corrected chi connectivity index (χ2v) is 6.83. The van der Waals surface area contributed by atoms with Crippen LogP contribution < -0.4 is 16.4 Å². The minimum atomic E-state index is -1.28. The fraction of sp³-hybridized carbons (Fsp3) is 0.250. The van der Waals surface area contributed by atoms with Crippen LogP contribution in [-0.2, 0) is 11.3 Å². The van der Waals surface area contributed by atoms with Crippen LogP contribution in [0.3, 0.4) is 0 Å². The average Bonchev–Trinajstić information content (AvgIpc) is 3.24. The molecule has 3 heterocycles. The molecule has 0 saturated heterocycles. The molecule has 1 unspecified atom stereocenters. The zero-order chi connectivity index (χ0) is 22.4. The molecule has 0 radical (unpaired) electrons. The summed E-state index contributed by atoms with van der Waals surface area (Å²) < 4.78 is 10.5. The first-order valence-electron chi connectivity index (χ1n) is 9.38. The Labute approximate surface area is 177 Å². The largest absolute Gasteiger partial charge is 0.465 e. The quantitative estimate of drug-likeness (QED) is 0.444. The Morgan fingerprint density at radius 2 is 1.94 bits per heavy atom. The summed E-state index contributed by atoms with van der Waals surface area (Å²) in [6.07, 6.45) is -0.364. The first-order valence-corrected chi connectivity index (χ1v) is 9.38. The molecule has 0 bridgehead atoms. The van der Waals surface area contributed by atoms with E-state index in [4.69, 9.17) is 14.9 Å². The summed E-state index contributed by atoms with van der Waals surface area (Å²) in [6.45, 7) is 3.54. The topological polar surface area (TPSA) is 165 Å². The van der Waals surface area contributed by atoms with Crippen LogP contribution in [0.25, 0.3) is 11.5 Å². The van der Waals surface area contributed by atoms with Gasteiger partial charge in [-0.3, -0.25) is 4.98 Å². The van der Waals surface area contributed by atoms with E-state index in [0.29, 0.717) is 22.8 Å². The predicted octanol–water partition coefficient (Wildman–Crippen LogP) is 2.71. The summed E-state index contributed by atoms with van der Waals surface area (Å²) in [6, 6.07) is 8.91. The molecule has 31 heavy (non-hydrogen) atoms. The maximum atomic E-state index is 11.7. The van der Waals surface area contributed by atoms with E-state index in [9.17, 15) is 14.7 Å². The molecular formula is C20H22N6O5. The molecule has 0 aliphatic rings. The van der Waals surface area contributed by atoms with Crippen molar-refractivity contribution in [3.8, 4) is 11.5 Å². The number of amides is 2. The highest BCUT2D eigenvalue weighted by Gasteiger charge is 2.22. The summed E-state index contributed by atoms with van der Waals surface area (Å²) in [5.74, 6) is 0.404. The van der Waals surface area contributed by atoms with Gasteiger partial charge in [0.05, 0.1) is 23.3 Å². The van der Waals surface area contributed by atoms with E-state index in [0.717, 1.165) is 0 Å². The normalized spacial score (nSPS) is 11.7. The number of anilines is 1. The van der Waals surface area contributed by atoms with E-state index in [1.165, 1.54) is 6.26 Å². The lowest BCUT2D eigenvalue weighted by Crippen LogP contribution is -2.31. The molecule has 0 saturated carbocycles. The van der Waals surface area contributed by atoms with Gasteiger partial charge < -0.3 is 30.6 Å². The highest BCUT2D eigenvalue weighted by molar-refractivity contribution is 5.67. The molecule has 0 aliphatic heterocycles. The molecule has 0 aromatic carbocycles. The molecule has 0 fully saturated rings. The Morgan fingerprint density at radius 3 is 2.61 bits per heavy atom. The SMILES string of the molecule is CC(C)NC(=O)OCc1cccc(C(NC(=O)O)c2cc(-c3ccco3)nc(N)n2)n1. The van der Waals surface area contributed by atoms with Gasteiger partial charge in [-0.2, -0.15) is 0 Å². The van der Waals surface area contributed by atoms with Gasteiger partial charge in [-0.25, -0.2) is 19.6 Å². The maximum Gasteiger partial charge on any atom is 0.407 e. The Hall–Kier alpha value is -4.15. The number of aromatic nitrogens is 3.